The third kappa shape index (κ3) is 4.06. The number of piperidine rings is 1. The fraction of sp³-hybridized carbons (Fsp3) is 1.00. The zero-order chi connectivity index (χ0) is 12.2. The van der Waals surface area contributed by atoms with Gasteiger partial charge >= 0.3 is 0 Å². The van der Waals surface area contributed by atoms with Gasteiger partial charge in [0.15, 0.2) is 0 Å². The van der Waals surface area contributed by atoms with Crippen LogP contribution in [0.2, 0.25) is 0 Å². The Bertz CT molecular complexity index is 307. The first kappa shape index (κ1) is 17.1. The third-order valence-electron chi connectivity index (χ3n) is 3.17. The Kier molecular flexibility index (Phi) is 7.58. The van der Waals surface area contributed by atoms with Crippen LogP contribution < -0.4 is 5.73 Å². The smallest absolute Gasteiger partial charge is 0.281 e. The Morgan fingerprint density at radius 1 is 1.35 bits per heavy atom. The van der Waals surface area contributed by atoms with E-state index in [0.29, 0.717) is 38.6 Å². The summed E-state index contributed by atoms with van der Waals surface area (Å²) in [4.78, 5) is 0. The molecule has 1 aliphatic heterocycles. The molecule has 1 atom stereocenters. The molecule has 104 valence electrons. The molecule has 17 heavy (non-hydrogen) atoms. The second-order valence-corrected chi connectivity index (χ2v) is 6.12. The molecule has 0 bridgehead atoms. The lowest BCUT2D eigenvalue weighted by molar-refractivity contribution is 0.253. The number of halogens is 1. The van der Waals surface area contributed by atoms with Crippen LogP contribution in [0.25, 0.3) is 0 Å². The van der Waals surface area contributed by atoms with Gasteiger partial charge in [-0.2, -0.15) is 17.0 Å². The minimum Gasteiger partial charge on any atom is -0.330 e. The zero-order valence-corrected chi connectivity index (χ0v) is 12.3. The molecule has 2 N–H and O–H groups in total. The molecular weight excluding hydrogens is 262 g/mol. The first-order valence-corrected chi connectivity index (χ1v) is 7.41. The van der Waals surface area contributed by atoms with E-state index in [2.05, 4.69) is 0 Å². The molecular formula is C10H24ClN3O2S. The summed E-state index contributed by atoms with van der Waals surface area (Å²) in [6, 6.07) is 0. The van der Waals surface area contributed by atoms with Crippen LogP contribution in [0.3, 0.4) is 0 Å². The lowest BCUT2D eigenvalue weighted by Gasteiger charge is -2.34. The standard InChI is InChI=1S/C10H23N3O2S.ClH/c1-3-12(4-2)16(14,15)13-7-5-6-10(8-11)9-13;/h10H,3-9,11H2,1-2H3;1H. The van der Waals surface area contributed by atoms with Crippen molar-refractivity contribution in [2.75, 3.05) is 32.7 Å². The molecule has 0 aliphatic carbocycles. The summed E-state index contributed by atoms with van der Waals surface area (Å²) in [6.07, 6.45) is 1.96. The number of nitrogens with two attached hydrogens (primary N) is 1. The van der Waals surface area contributed by atoms with E-state index in [1.54, 1.807) is 4.31 Å². The first-order chi connectivity index (χ1) is 7.56. The van der Waals surface area contributed by atoms with Crippen molar-refractivity contribution in [1.29, 1.82) is 0 Å². The second kappa shape index (κ2) is 7.53. The largest absolute Gasteiger partial charge is 0.330 e. The molecule has 1 fully saturated rings. The molecule has 0 radical (unpaired) electrons. The summed E-state index contributed by atoms with van der Waals surface area (Å²) in [5, 5.41) is 0. The zero-order valence-electron chi connectivity index (χ0n) is 10.6. The highest BCUT2D eigenvalue weighted by Crippen LogP contribution is 2.20. The maximum absolute atomic E-state index is 12.2. The van der Waals surface area contributed by atoms with E-state index in [0.717, 1.165) is 12.8 Å². The molecule has 0 saturated carbocycles. The summed E-state index contributed by atoms with van der Waals surface area (Å²) in [7, 11) is -3.26. The topological polar surface area (TPSA) is 66.6 Å². The molecule has 1 rings (SSSR count). The molecule has 0 aromatic carbocycles. The monoisotopic (exact) mass is 285 g/mol. The summed E-state index contributed by atoms with van der Waals surface area (Å²) < 4.78 is 27.5. The maximum Gasteiger partial charge on any atom is 0.281 e. The van der Waals surface area contributed by atoms with E-state index < -0.39 is 10.2 Å². The molecule has 0 aromatic rings. The first-order valence-electron chi connectivity index (χ1n) is 6.01. The van der Waals surface area contributed by atoms with Crippen molar-refractivity contribution < 1.29 is 8.42 Å². The number of hydrogen-bond acceptors (Lipinski definition) is 3. The van der Waals surface area contributed by atoms with Crippen molar-refractivity contribution in [2.45, 2.75) is 26.7 Å². The average molecular weight is 286 g/mol. The molecule has 1 saturated heterocycles. The highest BCUT2D eigenvalue weighted by Gasteiger charge is 2.31. The van der Waals surface area contributed by atoms with E-state index in [1.165, 1.54) is 4.31 Å². The second-order valence-electron chi connectivity index (χ2n) is 4.19. The van der Waals surface area contributed by atoms with Crippen LogP contribution in [0, 0.1) is 5.92 Å². The highest BCUT2D eigenvalue weighted by molar-refractivity contribution is 7.86. The van der Waals surface area contributed by atoms with E-state index in [4.69, 9.17) is 5.73 Å². The Morgan fingerprint density at radius 2 is 1.94 bits per heavy atom. The van der Waals surface area contributed by atoms with Crippen molar-refractivity contribution >= 4 is 22.6 Å². The van der Waals surface area contributed by atoms with Crippen molar-refractivity contribution in [3.63, 3.8) is 0 Å². The summed E-state index contributed by atoms with van der Waals surface area (Å²) in [6.45, 7) is 6.58. The van der Waals surface area contributed by atoms with Crippen molar-refractivity contribution in [3.05, 3.63) is 0 Å². The molecule has 0 amide bonds. The minimum absolute atomic E-state index is 0. The molecule has 1 aliphatic rings. The van der Waals surface area contributed by atoms with Gasteiger partial charge in [-0.05, 0) is 25.3 Å². The molecule has 0 spiro atoms. The van der Waals surface area contributed by atoms with Crippen molar-refractivity contribution in [1.82, 2.24) is 8.61 Å². The van der Waals surface area contributed by atoms with Gasteiger partial charge in [0.25, 0.3) is 10.2 Å². The Hall–Kier alpha value is 0.120. The summed E-state index contributed by atoms with van der Waals surface area (Å²) >= 11 is 0. The molecule has 7 heteroatoms. The fourth-order valence-corrected chi connectivity index (χ4v) is 3.88. The van der Waals surface area contributed by atoms with Crippen molar-refractivity contribution in [3.8, 4) is 0 Å². The lowest BCUT2D eigenvalue weighted by Crippen LogP contribution is -2.48. The van der Waals surface area contributed by atoms with Crippen LogP contribution in [0.15, 0.2) is 0 Å². The number of hydrogen-bond donors (Lipinski definition) is 1. The van der Waals surface area contributed by atoms with Gasteiger partial charge in [0.1, 0.15) is 0 Å². The van der Waals surface area contributed by atoms with Crippen LogP contribution in [0.1, 0.15) is 26.7 Å². The number of rotatable bonds is 5. The normalized spacial score (nSPS) is 22.5. The van der Waals surface area contributed by atoms with Gasteiger partial charge in [-0.15, -0.1) is 12.4 Å². The molecule has 5 nitrogen and oxygen atoms in total. The van der Waals surface area contributed by atoms with E-state index in [1.807, 2.05) is 13.8 Å². The Morgan fingerprint density at radius 3 is 2.41 bits per heavy atom. The van der Waals surface area contributed by atoms with E-state index >= 15 is 0 Å². The molecule has 1 unspecified atom stereocenters. The van der Waals surface area contributed by atoms with Gasteiger partial charge in [-0.3, -0.25) is 0 Å². The van der Waals surface area contributed by atoms with Crippen LogP contribution in [-0.2, 0) is 10.2 Å². The van der Waals surface area contributed by atoms with E-state index in [9.17, 15) is 8.42 Å². The van der Waals surface area contributed by atoms with Gasteiger partial charge in [0.2, 0.25) is 0 Å². The van der Waals surface area contributed by atoms with Gasteiger partial charge in [-0.25, -0.2) is 0 Å². The highest BCUT2D eigenvalue weighted by atomic mass is 35.5. The quantitative estimate of drug-likeness (QED) is 0.807. The van der Waals surface area contributed by atoms with Crippen molar-refractivity contribution in [2.24, 2.45) is 11.7 Å². The predicted octanol–water partition coefficient (Wildman–Crippen LogP) is 0.666. The Labute approximate surface area is 111 Å². The van der Waals surface area contributed by atoms with Gasteiger partial charge in [-0.1, -0.05) is 13.8 Å². The van der Waals surface area contributed by atoms with Crippen LogP contribution >= 0.6 is 12.4 Å². The SMILES string of the molecule is CCN(CC)S(=O)(=O)N1CCCC(CN)C1.Cl. The van der Waals surface area contributed by atoms with Gasteiger partial charge in [0.05, 0.1) is 0 Å². The summed E-state index contributed by atoms with van der Waals surface area (Å²) in [5.74, 6) is 0.319. The maximum atomic E-state index is 12.2. The van der Waals surface area contributed by atoms with Gasteiger partial charge < -0.3 is 5.73 Å². The predicted molar refractivity (Wildman–Crippen MR) is 72.4 cm³/mol. The Balaban J connectivity index is 0.00000256. The van der Waals surface area contributed by atoms with Crippen LogP contribution in [-0.4, -0.2) is 49.8 Å². The van der Waals surface area contributed by atoms with Gasteiger partial charge in [0, 0.05) is 26.2 Å². The third-order valence-corrected chi connectivity index (χ3v) is 5.33. The molecule has 0 aromatic heterocycles. The average Bonchev–Trinajstić information content (AvgIpc) is 2.30. The van der Waals surface area contributed by atoms with E-state index in [-0.39, 0.29) is 12.4 Å². The minimum atomic E-state index is -3.26. The lowest BCUT2D eigenvalue weighted by atomic mass is 10.0. The summed E-state index contributed by atoms with van der Waals surface area (Å²) in [5.41, 5.74) is 5.61. The number of nitrogens with zero attached hydrogens (tertiary/aromatic N) is 2. The molecule has 1 heterocycles. The fourth-order valence-electron chi connectivity index (χ4n) is 2.14. The van der Waals surface area contributed by atoms with Crippen LogP contribution in [0.4, 0.5) is 0 Å². The van der Waals surface area contributed by atoms with Crippen LogP contribution in [0.5, 0.6) is 0 Å².